The molecule has 10 heteroatoms. The molecule has 4 aromatic rings. The number of hydrogen-bond donors (Lipinski definition) is 1. The minimum Gasteiger partial charge on any atom is -0.322 e. The summed E-state index contributed by atoms with van der Waals surface area (Å²) in [5, 5.41) is 3.99. The standard InChI is InChI=1S/C26H24ClN5O3S/c1-31-12-14-32(15-13-31)36(34,35)21-5-3-20(4-6-21)29-26(33)23-17-25(18-8-10-28-11-9-18)30-24-7-2-19(27)16-22(23)24/h2-11,16-17H,12-15H2,1H3,(H,29,33). The first-order chi connectivity index (χ1) is 17.3. The van der Waals surface area contributed by atoms with Crippen molar-refractivity contribution in [1.29, 1.82) is 0 Å². The van der Waals surface area contributed by atoms with Crippen LogP contribution in [0.1, 0.15) is 10.4 Å². The number of aromatic nitrogens is 2. The number of pyridine rings is 2. The smallest absolute Gasteiger partial charge is 0.256 e. The highest BCUT2D eigenvalue weighted by Gasteiger charge is 2.27. The number of amides is 1. The molecule has 0 saturated carbocycles. The van der Waals surface area contributed by atoms with E-state index in [0.29, 0.717) is 59.0 Å². The Morgan fingerprint density at radius 3 is 2.33 bits per heavy atom. The van der Waals surface area contributed by atoms with Crippen LogP contribution in [0.5, 0.6) is 0 Å². The average molecular weight is 522 g/mol. The minimum atomic E-state index is -3.59. The second kappa shape index (κ2) is 9.94. The van der Waals surface area contributed by atoms with Gasteiger partial charge in [-0.15, -0.1) is 0 Å². The summed E-state index contributed by atoms with van der Waals surface area (Å²) in [7, 11) is -1.61. The van der Waals surface area contributed by atoms with Gasteiger partial charge in [-0.1, -0.05) is 11.6 Å². The highest BCUT2D eigenvalue weighted by molar-refractivity contribution is 7.89. The summed E-state index contributed by atoms with van der Waals surface area (Å²) in [4.78, 5) is 24.4. The number of halogens is 1. The number of hydrogen-bond acceptors (Lipinski definition) is 6. The van der Waals surface area contributed by atoms with E-state index in [2.05, 4.69) is 20.2 Å². The molecule has 1 amide bonds. The molecule has 8 nitrogen and oxygen atoms in total. The SMILES string of the molecule is CN1CCN(S(=O)(=O)c2ccc(NC(=O)c3cc(-c4ccncc4)nc4ccc(Cl)cc34)cc2)CC1. The van der Waals surface area contributed by atoms with E-state index in [1.54, 1.807) is 48.8 Å². The molecule has 0 atom stereocenters. The first-order valence-electron chi connectivity index (χ1n) is 11.4. The van der Waals surface area contributed by atoms with E-state index in [1.807, 2.05) is 19.2 Å². The summed E-state index contributed by atoms with van der Waals surface area (Å²) in [5.41, 5.74) is 2.98. The van der Waals surface area contributed by atoms with E-state index in [0.717, 1.165) is 5.56 Å². The fraction of sp³-hybridized carbons (Fsp3) is 0.192. The van der Waals surface area contributed by atoms with Gasteiger partial charge in [-0.3, -0.25) is 9.78 Å². The van der Waals surface area contributed by atoms with E-state index < -0.39 is 10.0 Å². The molecule has 0 bridgehead atoms. The van der Waals surface area contributed by atoms with Crippen LogP contribution in [0, 0.1) is 0 Å². The monoisotopic (exact) mass is 521 g/mol. The first kappa shape index (κ1) is 24.3. The quantitative estimate of drug-likeness (QED) is 0.424. The molecule has 0 aliphatic carbocycles. The fourth-order valence-corrected chi connectivity index (χ4v) is 5.74. The number of likely N-dealkylation sites (N-methyl/N-ethyl adjacent to an activating group) is 1. The van der Waals surface area contributed by atoms with Crippen LogP contribution in [0.4, 0.5) is 5.69 Å². The second-order valence-electron chi connectivity index (χ2n) is 8.64. The number of benzene rings is 2. The summed E-state index contributed by atoms with van der Waals surface area (Å²) < 4.78 is 27.5. The van der Waals surface area contributed by atoms with Crippen LogP contribution >= 0.6 is 11.6 Å². The van der Waals surface area contributed by atoms with Gasteiger partial charge >= 0.3 is 0 Å². The van der Waals surface area contributed by atoms with Crippen molar-refractivity contribution in [2.45, 2.75) is 4.90 Å². The van der Waals surface area contributed by atoms with Crippen molar-refractivity contribution in [2.24, 2.45) is 0 Å². The van der Waals surface area contributed by atoms with E-state index in [1.165, 1.54) is 16.4 Å². The minimum absolute atomic E-state index is 0.200. The topological polar surface area (TPSA) is 95.5 Å². The molecule has 36 heavy (non-hydrogen) atoms. The van der Waals surface area contributed by atoms with Crippen LogP contribution in [-0.2, 0) is 10.0 Å². The van der Waals surface area contributed by atoms with E-state index in [4.69, 9.17) is 11.6 Å². The number of carbonyl (C=O) groups excluding carboxylic acids is 1. The van der Waals surface area contributed by atoms with Gasteiger partial charge in [-0.25, -0.2) is 13.4 Å². The molecule has 0 unspecified atom stereocenters. The molecule has 1 aliphatic rings. The Hall–Kier alpha value is -3.37. The number of rotatable bonds is 5. The normalized spacial score (nSPS) is 15.2. The molecule has 0 radical (unpaired) electrons. The van der Waals surface area contributed by atoms with Gasteiger partial charge in [0.1, 0.15) is 0 Å². The van der Waals surface area contributed by atoms with Gasteiger partial charge in [-0.05, 0) is 67.7 Å². The van der Waals surface area contributed by atoms with Gasteiger partial charge in [-0.2, -0.15) is 4.31 Å². The van der Waals surface area contributed by atoms with Gasteiger partial charge in [0.25, 0.3) is 5.91 Å². The van der Waals surface area contributed by atoms with Gasteiger partial charge in [0.2, 0.25) is 10.0 Å². The van der Waals surface area contributed by atoms with Crippen molar-refractivity contribution in [3.05, 3.63) is 83.6 Å². The molecule has 2 aromatic carbocycles. The molecule has 1 aliphatic heterocycles. The summed E-state index contributed by atoms with van der Waals surface area (Å²) in [6.45, 7) is 2.29. The predicted octanol–water partition coefficient (Wildman–Crippen LogP) is 4.14. The third kappa shape index (κ3) is 4.96. The van der Waals surface area contributed by atoms with Crippen LogP contribution in [-0.4, -0.2) is 66.7 Å². The third-order valence-corrected chi connectivity index (χ3v) is 8.35. The summed E-state index contributed by atoms with van der Waals surface area (Å²) in [5.74, 6) is -0.352. The lowest BCUT2D eigenvalue weighted by molar-refractivity contribution is 0.102. The lowest BCUT2D eigenvalue weighted by Gasteiger charge is -2.31. The Labute approximate surface area is 214 Å². The maximum absolute atomic E-state index is 13.4. The molecule has 3 heterocycles. The zero-order valence-electron chi connectivity index (χ0n) is 19.6. The first-order valence-corrected chi connectivity index (χ1v) is 13.2. The van der Waals surface area contributed by atoms with Crippen molar-refractivity contribution >= 4 is 44.1 Å². The predicted molar refractivity (Wildman–Crippen MR) is 141 cm³/mol. The lowest BCUT2D eigenvalue weighted by Crippen LogP contribution is -2.46. The maximum Gasteiger partial charge on any atom is 0.256 e. The third-order valence-electron chi connectivity index (χ3n) is 6.20. The highest BCUT2D eigenvalue weighted by Crippen LogP contribution is 2.28. The summed E-state index contributed by atoms with van der Waals surface area (Å²) in [6, 6.07) is 16.8. The number of anilines is 1. The maximum atomic E-state index is 13.4. The molecule has 184 valence electrons. The van der Waals surface area contributed by atoms with Crippen molar-refractivity contribution in [2.75, 3.05) is 38.5 Å². The molecular weight excluding hydrogens is 498 g/mol. The Morgan fingerprint density at radius 2 is 1.64 bits per heavy atom. The number of nitrogens with one attached hydrogen (secondary N) is 1. The van der Waals surface area contributed by atoms with Crippen LogP contribution in [0.3, 0.4) is 0 Å². The van der Waals surface area contributed by atoms with E-state index >= 15 is 0 Å². The van der Waals surface area contributed by atoms with Gasteiger partial charge in [0.15, 0.2) is 0 Å². The van der Waals surface area contributed by atoms with Crippen LogP contribution in [0.15, 0.2) is 78.0 Å². The van der Waals surface area contributed by atoms with Gasteiger partial charge in [0.05, 0.1) is 21.7 Å². The molecule has 2 aromatic heterocycles. The largest absolute Gasteiger partial charge is 0.322 e. The molecule has 0 spiro atoms. The van der Waals surface area contributed by atoms with Crippen LogP contribution in [0.25, 0.3) is 22.2 Å². The number of piperazine rings is 1. The average Bonchev–Trinajstić information content (AvgIpc) is 2.89. The Kier molecular flexibility index (Phi) is 6.72. The van der Waals surface area contributed by atoms with E-state index in [-0.39, 0.29) is 10.8 Å². The molecular formula is C26H24ClN5O3S. The van der Waals surface area contributed by atoms with Gasteiger partial charge < -0.3 is 10.2 Å². The summed E-state index contributed by atoms with van der Waals surface area (Å²) >= 11 is 6.21. The van der Waals surface area contributed by atoms with Crippen LogP contribution < -0.4 is 5.32 Å². The molecule has 1 saturated heterocycles. The Morgan fingerprint density at radius 1 is 0.944 bits per heavy atom. The molecule has 5 rings (SSSR count). The Balaban J connectivity index is 1.43. The zero-order chi connectivity index (χ0) is 25.3. The number of fused-ring (bicyclic) bond motifs is 1. The van der Waals surface area contributed by atoms with Gasteiger partial charge in [0, 0.05) is 60.2 Å². The second-order valence-corrected chi connectivity index (χ2v) is 11.0. The van der Waals surface area contributed by atoms with Crippen LogP contribution in [0.2, 0.25) is 5.02 Å². The zero-order valence-corrected chi connectivity index (χ0v) is 21.1. The lowest BCUT2D eigenvalue weighted by atomic mass is 10.0. The van der Waals surface area contributed by atoms with Crippen molar-refractivity contribution in [3.8, 4) is 11.3 Å². The highest BCUT2D eigenvalue weighted by atomic mass is 35.5. The van der Waals surface area contributed by atoms with Crippen molar-refractivity contribution in [3.63, 3.8) is 0 Å². The number of nitrogens with zero attached hydrogens (tertiary/aromatic N) is 4. The van der Waals surface area contributed by atoms with Crippen molar-refractivity contribution in [1.82, 2.24) is 19.2 Å². The summed E-state index contributed by atoms with van der Waals surface area (Å²) in [6.07, 6.45) is 3.33. The fourth-order valence-electron chi connectivity index (χ4n) is 4.14. The number of carbonyl (C=O) groups is 1. The molecule has 1 N–H and O–H groups in total. The van der Waals surface area contributed by atoms with Crippen molar-refractivity contribution < 1.29 is 13.2 Å². The van der Waals surface area contributed by atoms with E-state index in [9.17, 15) is 13.2 Å². The Bertz CT molecular complexity index is 1520. The molecule has 1 fully saturated rings. The number of sulfonamides is 1.